The van der Waals surface area contributed by atoms with Gasteiger partial charge in [0.1, 0.15) is 5.78 Å². The van der Waals surface area contributed by atoms with Crippen molar-refractivity contribution in [2.75, 3.05) is 26.7 Å². The number of ketones is 1. The SMILES string of the molecule is COC1CN(CC2CCCCC2=O)CCC1C. The molecule has 0 radical (unpaired) electrons. The average molecular weight is 239 g/mol. The quantitative estimate of drug-likeness (QED) is 0.755. The fourth-order valence-electron chi connectivity index (χ4n) is 3.13. The van der Waals surface area contributed by atoms with Gasteiger partial charge in [0.2, 0.25) is 0 Å². The minimum Gasteiger partial charge on any atom is -0.380 e. The highest BCUT2D eigenvalue weighted by Gasteiger charge is 2.30. The van der Waals surface area contributed by atoms with Gasteiger partial charge < -0.3 is 9.64 Å². The smallest absolute Gasteiger partial charge is 0.137 e. The molecule has 3 heteroatoms. The van der Waals surface area contributed by atoms with Crippen molar-refractivity contribution in [3.05, 3.63) is 0 Å². The Balaban J connectivity index is 1.84. The van der Waals surface area contributed by atoms with Crippen molar-refractivity contribution in [1.82, 2.24) is 4.90 Å². The second kappa shape index (κ2) is 5.96. The van der Waals surface area contributed by atoms with Crippen molar-refractivity contribution < 1.29 is 9.53 Å². The van der Waals surface area contributed by atoms with Crippen LogP contribution in [0.15, 0.2) is 0 Å². The fraction of sp³-hybridized carbons (Fsp3) is 0.929. The molecule has 2 fully saturated rings. The van der Waals surface area contributed by atoms with Crippen LogP contribution in [0.3, 0.4) is 0 Å². The van der Waals surface area contributed by atoms with Gasteiger partial charge in [-0.25, -0.2) is 0 Å². The summed E-state index contributed by atoms with van der Waals surface area (Å²) < 4.78 is 5.52. The lowest BCUT2D eigenvalue weighted by Gasteiger charge is -2.38. The summed E-state index contributed by atoms with van der Waals surface area (Å²) in [4.78, 5) is 14.3. The summed E-state index contributed by atoms with van der Waals surface area (Å²) in [5.74, 6) is 1.44. The van der Waals surface area contributed by atoms with E-state index in [2.05, 4.69) is 11.8 Å². The number of hydrogen-bond acceptors (Lipinski definition) is 3. The molecule has 1 saturated heterocycles. The third kappa shape index (κ3) is 3.29. The van der Waals surface area contributed by atoms with Crippen LogP contribution >= 0.6 is 0 Å². The first-order valence-electron chi connectivity index (χ1n) is 6.98. The zero-order valence-corrected chi connectivity index (χ0v) is 11.2. The Kier molecular flexibility index (Phi) is 4.57. The number of methoxy groups -OCH3 is 1. The Bertz CT molecular complexity index is 267. The molecule has 0 N–H and O–H groups in total. The molecule has 1 aliphatic heterocycles. The molecule has 17 heavy (non-hydrogen) atoms. The summed E-state index contributed by atoms with van der Waals surface area (Å²) in [6, 6.07) is 0. The van der Waals surface area contributed by atoms with Gasteiger partial charge in [-0.05, 0) is 31.7 Å². The first-order valence-corrected chi connectivity index (χ1v) is 6.98. The lowest BCUT2D eigenvalue weighted by atomic mass is 9.86. The van der Waals surface area contributed by atoms with E-state index in [-0.39, 0.29) is 0 Å². The van der Waals surface area contributed by atoms with Gasteiger partial charge in [-0.1, -0.05) is 13.3 Å². The normalized spacial score (nSPS) is 36.1. The zero-order valence-electron chi connectivity index (χ0n) is 11.2. The number of piperidine rings is 1. The molecule has 1 aliphatic carbocycles. The minimum atomic E-state index is 0.301. The van der Waals surface area contributed by atoms with Crippen LogP contribution in [0, 0.1) is 11.8 Å². The van der Waals surface area contributed by atoms with Crippen LogP contribution in [0.25, 0.3) is 0 Å². The number of carbonyl (C=O) groups is 1. The molecule has 3 atom stereocenters. The summed E-state index contributed by atoms with van der Waals surface area (Å²) in [7, 11) is 1.80. The number of Topliss-reactive ketones (excluding diaryl/α,β-unsaturated/α-hetero) is 1. The molecule has 3 nitrogen and oxygen atoms in total. The first kappa shape index (κ1) is 13.0. The third-order valence-corrected chi connectivity index (χ3v) is 4.44. The highest BCUT2D eigenvalue weighted by Crippen LogP contribution is 2.25. The van der Waals surface area contributed by atoms with Gasteiger partial charge in [0.15, 0.2) is 0 Å². The highest BCUT2D eigenvalue weighted by atomic mass is 16.5. The molecule has 1 saturated carbocycles. The zero-order chi connectivity index (χ0) is 12.3. The standard InChI is InChI=1S/C14H25NO2/c1-11-7-8-15(10-14(11)17-2)9-12-5-3-4-6-13(12)16/h11-12,14H,3-10H2,1-2H3. The molecule has 0 aromatic heterocycles. The van der Waals surface area contributed by atoms with Crippen LogP contribution in [-0.4, -0.2) is 43.5 Å². The van der Waals surface area contributed by atoms with Crippen LogP contribution in [0.5, 0.6) is 0 Å². The second-order valence-electron chi connectivity index (χ2n) is 5.71. The van der Waals surface area contributed by atoms with E-state index in [1.165, 1.54) is 12.8 Å². The third-order valence-electron chi connectivity index (χ3n) is 4.44. The molecule has 2 aliphatic rings. The van der Waals surface area contributed by atoms with Gasteiger partial charge >= 0.3 is 0 Å². The number of rotatable bonds is 3. The van der Waals surface area contributed by atoms with E-state index in [0.29, 0.717) is 23.7 Å². The molecule has 0 aromatic carbocycles. The van der Waals surface area contributed by atoms with E-state index in [1.807, 2.05) is 0 Å². The molecule has 98 valence electrons. The molecule has 0 spiro atoms. The second-order valence-corrected chi connectivity index (χ2v) is 5.71. The molecule has 0 aromatic rings. The van der Waals surface area contributed by atoms with Crippen molar-refractivity contribution in [2.45, 2.75) is 45.1 Å². The molecule has 3 unspecified atom stereocenters. The van der Waals surface area contributed by atoms with Gasteiger partial charge in [0, 0.05) is 32.5 Å². The largest absolute Gasteiger partial charge is 0.380 e. The lowest BCUT2D eigenvalue weighted by Crippen LogP contribution is -2.46. The highest BCUT2D eigenvalue weighted by molar-refractivity contribution is 5.81. The Morgan fingerprint density at radius 2 is 2.18 bits per heavy atom. The van der Waals surface area contributed by atoms with Crippen molar-refractivity contribution in [3.8, 4) is 0 Å². The number of nitrogens with zero attached hydrogens (tertiary/aromatic N) is 1. The maximum Gasteiger partial charge on any atom is 0.137 e. The van der Waals surface area contributed by atoms with Crippen molar-refractivity contribution in [3.63, 3.8) is 0 Å². The number of hydrogen-bond donors (Lipinski definition) is 0. The van der Waals surface area contributed by atoms with Crippen LogP contribution in [0.1, 0.15) is 39.0 Å². The summed E-state index contributed by atoms with van der Waals surface area (Å²) in [6.45, 7) is 5.36. The summed E-state index contributed by atoms with van der Waals surface area (Å²) >= 11 is 0. The summed E-state index contributed by atoms with van der Waals surface area (Å²) in [6.07, 6.45) is 5.79. The Hall–Kier alpha value is -0.410. The van der Waals surface area contributed by atoms with Crippen molar-refractivity contribution >= 4 is 5.78 Å². The Morgan fingerprint density at radius 3 is 2.88 bits per heavy atom. The monoisotopic (exact) mass is 239 g/mol. The molecule has 0 bridgehead atoms. The van der Waals surface area contributed by atoms with Crippen LogP contribution in [0.2, 0.25) is 0 Å². The maximum absolute atomic E-state index is 11.8. The minimum absolute atomic E-state index is 0.301. The number of likely N-dealkylation sites (tertiary alicyclic amines) is 1. The molecule has 2 rings (SSSR count). The molecular weight excluding hydrogens is 214 g/mol. The van der Waals surface area contributed by atoms with Gasteiger partial charge in [0.05, 0.1) is 6.10 Å². The molecule has 1 heterocycles. The topological polar surface area (TPSA) is 29.5 Å². The van der Waals surface area contributed by atoms with Gasteiger partial charge in [-0.15, -0.1) is 0 Å². The lowest BCUT2D eigenvalue weighted by molar-refractivity contribution is -0.125. The van der Waals surface area contributed by atoms with Crippen LogP contribution < -0.4 is 0 Å². The van der Waals surface area contributed by atoms with E-state index in [0.717, 1.165) is 38.9 Å². The van der Waals surface area contributed by atoms with E-state index in [4.69, 9.17) is 4.74 Å². The Labute approximate surface area is 105 Å². The number of ether oxygens (including phenoxy) is 1. The maximum atomic E-state index is 11.8. The van der Waals surface area contributed by atoms with Gasteiger partial charge in [-0.2, -0.15) is 0 Å². The van der Waals surface area contributed by atoms with E-state index in [9.17, 15) is 4.79 Å². The average Bonchev–Trinajstić information content (AvgIpc) is 2.34. The van der Waals surface area contributed by atoms with Crippen LogP contribution in [-0.2, 0) is 9.53 Å². The predicted octanol–water partition coefficient (Wildman–Crippen LogP) is 2.10. The fourth-order valence-corrected chi connectivity index (χ4v) is 3.13. The summed E-state index contributed by atoms with van der Waals surface area (Å²) in [5, 5.41) is 0. The van der Waals surface area contributed by atoms with E-state index in [1.54, 1.807) is 7.11 Å². The number of carbonyl (C=O) groups excluding carboxylic acids is 1. The van der Waals surface area contributed by atoms with Crippen molar-refractivity contribution in [1.29, 1.82) is 0 Å². The first-order chi connectivity index (χ1) is 8.20. The van der Waals surface area contributed by atoms with E-state index < -0.39 is 0 Å². The molecular formula is C14H25NO2. The predicted molar refractivity (Wildman–Crippen MR) is 68.0 cm³/mol. The van der Waals surface area contributed by atoms with Crippen LogP contribution in [0.4, 0.5) is 0 Å². The summed E-state index contributed by atoms with van der Waals surface area (Å²) in [5.41, 5.74) is 0. The van der Waals surface area contributed by atoms with E-state index >= 15 is 0 Å². The van der Waals surface area contributed by atoms with Crippen molar-refractivity contribution in [2.24, 2.45) is 11.8 Å². The molecule has 0 amide bonds. The Morgan fingerprint density at radius 1 is 1.35 bits per heavy atom. The van der Waals surface area contributed by atoms with Gasteiger partial charge in [0.25, 0.3) is 0 Å². The van der Waals surface area contributed by atoms with Gasteiger partial charge in [-0.3, -0.25) is 4.79 Å².